The van der Waals surface area contributed by atoms with Gasteiger partial charge >= 0.3 is 11.9 Å². The standard InChI is InChI=1S/C12H14O4S2/c1-12(17-7-10(13)14,18-8-11(15)16)9-5-3-2-4-6-9/h2-6H,7-8H2,1H3,(H,13,14)(H,15,16). The Bertz CT molecular complexity index is 401. The summed E-state index contributed by atoms with van der Waals surface area (Å²) in [6.45, 7) is 1.85. The van der Waals surface area contributed by atoms with Crippen LogP contribution in [0.15, 0.2) is 30.3 Å². The van der Waals surface area contributed by atoms with E-state index in [4.69, 9.17) is 10.2 Å². The molecule has 0 atom stereocenters. The Morgan fingerprint density at radius 3 is 1.89 bits per heavy atom. The third kappa shape index (κ3) is 4.62. The van der Waals surface area contributed by atoms with E-state index in [9.17, 15) is 9.59 Å². The first-order valence-corrected chi connectivity index (χ1v) is 7.18. The molecular weight excluding hydrogens is 272 g/mol. The largest absolute Gasteiger partial charge is 0.481 e. The molecule has 0 heterocycles. The Kier molecular flexibility index (Phi) is 5.55. The van der Waals surface area contributed by atoms with Gasteiger partial charge in [-0.05, 0) is 12.5 Å². The lowest BCUT2D eigenvalue weighted by Gasteiger charge is -2.27. The Morgan fingerprint density at radius 2 is 1.50 bits per heavy atom. The summed E-state index contributed by atoms with van der Waals surface area (Å²) in [6, 6.07) is 9.34. The molecule has 0 aliphatic heterocycles. The van der Waals surface area contributed by atoms with Crippen molar-refractivity contribution in [3.05, 3.63) is 35.9 Å². The van der Waals surface area contributed by atoms with E-state index in [1.165, 1.54) is 23.5 Å². The number of thioether (sulfide) groups is 2. The minimum atomic E-state index is -0.905. The maximum atomic E-state index is 10.7. The maximum absolute atomic E-state index is 10.7. The van der Waals surface area contributed by atoms with Gasteiger partial charge in [0.15, 0.2) is 0 Å². The molecule has 6 heteroatoms. The fourth-order valence-corrected chi connectivity index (χ4v) is 3.44. The average Bonchev–Trinajstić information content (AvgIpc) is 2.35. The number of hydrogen-bond donors (Lipinski definition) is 2. The second-order valence-electron chi connectivity index (χ2n) is 3.68. The summed E-state index contributed by atoms with van der Waals surface area (Å²) in [5, 5.41) is 17.5. The molecular formula is C12H14O4S2. The molecule has 0 fully saturated rings. The van der Waals surface area contributed by atoms with Gasteiger partial charge < -0.3 is 10.2 Å². The lowest BCUT2D eigenvalue weighted by Crippen LogP contribution is -2.18. The van der Waals surface area contributed by atoms with Crippen LogP contribution in [0.25, 0.3) is 0 Å². The van der Waals surface area contributed by atoms with Crippen LogP contribution in [-0.2, 0) is 13.7 Å². The summed E-state index contributed by atoms with van der Waals surface area (Å²) in [6.07, 6.45) is 0. The highest BCUT2D eigenvalue weighted by Gasteiger charge is 2.29. The van der Waals surface area contributed by atoms with Crippen LogP contribution in [0.2, 0.25) is 0 Å². The smallest absolute Gasteiger partial charge is 0.313 e. The lowest BCUT2D eigenvalue weighted by molar-refractivity contribution is -0.134. The topological polar surface area (TPSA) is 74.6 Å². The molecule has 0 unspecified atom stereocenters. The molecule has 0 bridgehead atoms. The van der Waals surface area contributed by atoms with Crippen molar-refractivity contribution in [2.75, 3.05) is 11.5 Å². The van der Waals surface area contributed by atoms with Gasteiger partial charge in [-0.3, -0.25) is 9.59 Å². The Hall–Kier alpha value is -1.14. The zero-order chi connectivity index (χ0) is 13.6. The van der Waals surface area contributed by atoms with Gasteiger partial charge in [-0.2, -0.15) is 0 Å². The predicted octanol–water partition coefficient (Wildman–Crippen LogP) is 2.49. The van der Waals surface area contributed by atoms with Crippen LogP contribution in [0.5, 0.6) is 0 Å². The van der Waals surface area contributed by atoms with Gasteiger partial charge in [0.25, 0.3) is 0 Å². The monoisotopic (exact) mass is 286 g/mol. The van der Waals surface area contributed by atoms with E-state index in [2.05, 4.69) is 0 Å². The molecule has 0 radical (unpaired) electrons. The predicted molar refractivity (Wildman–Crippen MR) is 74.0 cm³/mol. The van der Waals surface area contributed by atoms with Crippen molar-refractivity contribution >= 4 is 35.5 Å². The molecule has 4 nitrogen and oxygen atoms in total. The summed E-state index contributed by atoms with van der Waals surface area (Å²) >= 11 is 2.45. The first kappa shape index (κ1) is 14.9. The van der Waals surface area contributed by atoms with Gasteiger partial charge in [-0.25, -0.2) is 0 Å². The molecule has 0 saturated heterocycles. The number of carboxylic acid groups (broad SMARTS) is 2. The molecule has 0 aliphatic carbocycles. The number of carbonyl (C=O) groups is 2. The van der Waals surface area contributed by atoms with E-state index < -0.39 is 16.0 Å². The minimum Gasteiger partial charge on any atom is -0.481 e. The Balaban J connectivity index is 2.86. The van der Waals surface area contributed by atoms with E-state index >= 15 is 0 Å². The molecule has 0 saturated carbocycles. The third-order valence-electron chi connectivity index (χ3n) is 2.24. The highest BCUT2D eigenvalue weighted by molar-refractivity contribution is 8.18. The van der Waals surface area contributed by atoms with Crippen LogP contribution >= 0.6 is 23.5 Å². The first-order valence-electron chi connectivity index (χ1n) is 5.21. The summed E-state index contributed by atoms with van der Waals surface area (Å²) in [4.78, 5) is 21.3. The van der Waals surface area contributed by atoms with Crippen LogP contribution in [0, 0.1) is 0 Å². The van der Waals surface area contributed by atoms with Crippen molar-refractivity contribution in [2.45, 2.75) is 11.0 Å². The molecule has 1 rings (SSSR count). The molecule has 0 aromatic heterocycles. The van der Waals surface area contributed by atoms with Gasteiger partial charge in [0.1, 0.15) is 0 Å². The molecule has 2 N–H and O–H groups in total. The van der Waals surface area contributed by atoms with Gasteiger partial charge in [0.2, 0.25) is 0 Å². The summed E-state index contributed by atoms with van der Waals surface area (Å²) in [7, 11) is 0. The summed E-state index contributed by atoms with van der Waals surface area (Å²) in [5.74, 6) is -1.92. The normalized spacial score (nSPS) is 11.2. The SMILES string of the molecule is CC(SCC(=O)O)(SCC(=O)O)c1ccccc1. The van der Waals surface area contributed by atoms with Crippen molar-refractivity contribution in [1.29, 1.82) is 0 Å². The van der Waals surface area contributed by atoms with Crippen molar-refractivity contribution in [3.8, 4) is 0 Å². The highest BCUT2D eigenvalue weighted by atomic mass is 32.2. The van der Waals surface area contributed by atoms with E-state index in [0.717, 1.165) is 5.56 Å². The lowest BCUT2D eigenvalue weighted by atomic mass is 10.2. The van der Waals surface area contributed by atoms with Crippen molar-refractivity contribution in [3.63, 3.8) is 0 Å². The van der Waals surface area contributed by atoms with Crippen LogP contribution < -0.4 is 0 Å². The Labute approximate surface area is 114 Å². The minimum absolute atomic E-state index is 0.0575. The van der Waals surface area contributed by atoms with Crippen LogP contribution in [0.3, 0.4) is 0 Å². The van der Waals surface area contributed by atoms with Crippen LogP contribution in [-0.4, -0.2) is 33.7 Å². The first-order chi connectivity index (χ1) is 8.44. The fourth-order valence-electron chi connectivity index (χ4n) is 1.35. The second kappa shape index (κ2) is 6.70. The summed E-state index contributed by atoms with van der Waals surface area (Å²) < 4.78 is -0.571. The second-order valence-corrected chi connectivity index (χ2v) is 6.72. The quantitative estimate of drug-likeness (QED) is 0.750. The van der Waals surface area contributed by atoms with E-state index in [0.29, 0.717) is 0 Å². The van der Waals surface area contributed by atoms with Crippen molar-refractivity contribution in [2.24, 2.45) is 0 Å². The van der Waals surface area contributed by atoms with Gasteiger partial charge in [-0.15, -0.1) is 23.5 Å². The van der Waals surface area contributed by atoms with E-state index in [1.807, 2.05) is 37.3 Å². The van der Waals surface area contributed by atoms with E-state index in [-0.39, 0.29) is 11.5 Å². The molecule has 98 valence electrons. The Morgan fingerprint density at radius 1 is 1.06 bits per heavy atom. The van der Waals surface area contributed by atoms with Crippen molar-refractivity contribution in [1.82, 2.24) is 0 Å². The molecule has 1 aromatic rings. The zero-order valence-electron chi connectivity index (χ0n) is 9.83. The zero-order valence-corrected chi connectivity index (χ0v) is 11.5. The molecule has 0 spiro atoms. The van der Waals surface area contributed by atoms with E-state index in [1.54, 1.807) is 0 Å². The number of hydrogen-bond acceptors (Lipinski definition) is 4. The molecule has 1 aromatic carbocycles. The maximum Gasteiger partial charge on any atom is 0.313 e. The average molecular weight is 286 g/mol. The number of rotatable bonds is 7. The van der Waals surface area contributed by atoms with Crippen molar-refractivity contribution < 1.29 is 19.8 Å². The molecule has 18 heavy (non-hydrogen) atoms. The molecule has 0 aliphatic rings. The van der Waals surface area contributed by atoms with Crippen LogP contribution in [0.4, 0.5) is 0 Å². The van der Waals surface area contributed by atoms with Gasteiger partial charge in [0.05, 0.1) is 15.6 Å². The van der Waals surface area contributed by atoms with Gasteiger partial charge in [-0.1, -0.05) is 30.3 Å². The van der Waals surface area contributed by atoms with Crippen LogP contribution in [0.1, 0.15) is 12.5 Å². The van der Waals surface area contributed by atoms with Gasteiger partial charge in [0, 0.05) is 0 Å². The fraction of sp³-hybridized carbons (Fsp3) is 0.333. The summed E-state index contributed by atoms with van der Waals surface area (Å²) in [5.41, 5.74) is 0.919. The number of carboxylic acids is 2. The third-order valence-corrected chi connectivity index (χ3v) is 5.30. The molecule has 0 amide bonds. The highest BCUT2D eigenvalue weighted by Crippen LogP contribution is 2.45. The number of aliphatic carboxylic acids is 2. The number of benzene rings is 1.